The third-order valence-corrected chi connectivity index (χ3v) is 3.17. The van der Waals surface area contributed by atoms with Crippen LogP contribution in [0.25, 0.3) is 0 Å². The van der Waals surface area contributed by atoms with Gasteiger partial charge in [-0.1, -0.05) is 17.7 Å². The number of nitrogens with two attached hydrogens (primary N) is 1. The summed E-state index contributed by atoms with van der Waals surface area (Å²) in [5, 5.41) is 3.90. The fourth-order valence-corrected chi connectivity index (χ4v) is 1.90. The van der Waals surface area contributed by atoms with Crippen molar-refractivity contribution in [2.24, 2.45) is 0 Å². The smallest absolute Gasteiger partial charge is 0.158 e. The normalized spacial score (nSPS) is 10.6. The molecule has 1 aromatic carbocycles. The minimum atomic E-state index is 0.338. The first-order chi connectivity index (χ1) is 9.60. The van der Waals surface area contributed by atoms with Crippen molar-refractivity contribution in [3.63, 3.8) is 0 Å². The van der Waals surface area contributed by atoms with Gasteiger partial charge in [0.2, 0.25) is 0 Å². The first-order valence-electron chi connectivity index (χ1n) is 6.33. The van der Waals surface area contributed by atoms with Crippen molar-refractivity contribution in [1.82, 2.24) is 9.97 Å². The van der Waals surface area contributed by atoms with Crippen molar-refractivity contribution < 1.29 is 4.74 Å². The van der Waals surface area contributed by atoms with Crippen LogP contribution in [0.3, 0.4) is 0 Å². The third-order valence-electron chi connectivity index (χ3n) is 2.76. The lowest BCUT2D eigenvalue weighted by Crippen LogP contribution is -2.05. The number of aromatic nitrogens is 2. The van der Waals surface area contributed by atoms with Crippen molar-refractivity contribution in [2.45, 2.75) is 20.5 Å². The molecule has 0 aliphatic heterocycles. The number of benzene rings is 1. The Labute approximate surface area is 123 Å². The molecule has 6 heteroatoms. The molecule has 0 unspecified atom stereocenters. The summed E-state index contributed by atoms with van der Waals surface area (Å²) in [6.07, 6.45) is 0. The van der Waals surface area contributed by atoms with Crippen LogP contribution in [0.5, 0.6) is 0 Å². The number of nitrogens with zero attached hydrogens (tertiary/aromatic N) is 2. The lowest BCUT2D eigenvalue weighted by molar-refractivity contribution is 0.128. The van der Waals surface area contributed by atoms with E-state index in [1.807, 2.05) is 32.0 Å². The Hall–Kier alpha value is -1.85. The third kappa shape index (κ3) is 3.59. The molecule has 0 aliphatic carbocycles. The molecular weight excluding hydrogens is 276 g/mol. The van der Waals surface area contributed by atoms with Crippen LogP contribution in [0.15, 0.2) is 24.3 Å². The summed E-state index contributed by atoms with van der Waals surface area (Å²) >= 11 is 6.09. The Morgan fingerprint density at radius 1 is 1.35 bits per heavy atom. The molecule has 20 heavy (non-hydrogen) atoms. The molecule has 0 bridgehead atoms. The highest BCUT2D eigenvalue weighted by Crippen LogP contribution is 2.25. The van der Waals surface area contributed by atoms with E-state index in [1.165, 1.54) is 0 Å². The second kappa shape index (κ2) is 6.54. The quantitative estimate of drug-likeness (QED) is 0.884. The van der Waals surface area contributed by atoms with Gasteiger partial charge in [-0.15, -0.1) is 0 Å². The van der Waals surface area contributed by atoms with Gasteiger partial charge in [0.25, 0.3) is 0 Å². The van der Waals surface area contributed by atoms with Crippen LogP contribution in [0.1, 0.15) is 18.3 Å². The maximum atomic E-state index is 6.09. The maximum Gasteiger partial charge on any atom is 0.158 e. The summed E-state index contributed by atoms with van der Waals surface area (Å²) in [5.74, 6) is 1.57. The van der Waals surface area contributed by atoms with Gasteiger partial charge in [-0.3, -0.25) is 0 Å². The molecular formula is C14H17ClN4O. The zero-order valence-electron chi connectivity index (χ0n) is 11.5. The van der Waals surface area contributed by atoms with Gasteiger partial charge >= 0.3 is 0 Å². The van der Waals surface area contributed by atoms with E-state index in [9.17, 15) is 0 Å². The van der Waals surface area contributed by atoms with Gasteiger partial charge < -0.3 is 15.8 Å². The van der Waals surface area contributed by atoms with Gasteiger partial charge in [-0.25, -0.2) is 9.97 Å². The van der Waals surface area contributed by atoms with Gasteiger partial charge in [-0.2, -0.15) is 0 Å². The fraction of sp³-hybridized carbons (Fsp3) is 0.286. The van der Waals surface area contributed by atoms with Gasteiger partial charge in [-0.05, 0) is 31.5 Å². The SMILES string of the molecule is CCOCc1nc(N)cc(Nc2cccc(Cl)c2C)n1. The average molecular weight is 293 g/mol. The summed E-state index contributed by atoms with van der Waals surface area (Å²) in [6.45, 7) is 4.80. The minimum Gasteiger partial charge on any atom is -0.384 e. The standard InChI is InChI=1S/C14H17ClN4O/c1-3-20-8-14-18-12(16)7-13(19-14)17-11-6-4-5-10(15)9(11)2/h4-7H,3,8H2,1-2H3,(H3,16,17,18,19). The molecule has 0 amide bonds. The van der Waals surface area contributed by atoms with Crippen LogP contribution < -0.4 is 11.1 Å². The van der Waals surface area contributed by atoms with Crippen molar-refractivity contribution in [3.8, 4) is 0 Å². The van der Waals surface area contributed by atoms with Gasteiger partial charge in [0.1, 0.15) is 18.2 Å². The highest BCUT2D eigenvalue weighted by molar-refractivity contribution is 6.31. The van der Waals surface area contributed by atoms with Crippen LogP contribution in [-0.4, -0.2) is 16.6 Å². The lowest BCUT2D eigenvalue weighted by atomic mass is 10.2. The molecule has 0 saturated carbocycles. The maximum absolute atomic E-state index is 6.09. The number of hydrogen-bond donors (Lipinski definition) is 2. The molecule has 1 aromatic heterocycles. The number of halogens is 1. The summed E-state index contributed by atoms with van der Waals surface area (Å²) in [7, 11) is 0. The molecule has 0 spiro atoms. The fourth-order valence-electron chi connectivity index (χ4n) is 1.72. The Morgan fingerprint density at radius 2 is 2.15 bits per heavy atom. The Bertz CT molecular complexity index is 604. The van der Waals surface area contributed by atoms with E-state index >= 15 is 0 Å². The van der Waals surface area contributed by atoms with E-state index < -0.39 is 0 Å². The molecule has 0 atom stereocenters. The Kier molecular flexibility index (Phi) is 4.76. The molecule has 0 saturated heterocycles. The summed E-state index contributed by atoms with van der Waals surface area (Å²) < 4.78 is 5.29. The number of rotatable bonds is 5. The second-order valence-electron chi connectivity index (χ2n) is 4.27. The number of nitrogens with one attached hydrogen (secondary N) is 1. The van der Waals surface area contributed by atoms with Gasteiger partial charge in [0, 0.05) is 23.4 Å². The summed E-state index contributed by atoms with van der Waals surface area (Å²) in [4.78, 5) is 8.50. The van der Waals surface area contributed by atoms with Crippen LogP contribution in [0, 0.1) is 6.92 Å². The average Bonchev–Trinajstić information content (AvgIpc) is 2.41. The van der Waals surface area contributed by atoms with E-state index in [0.29, 0.717) is 35.7 Å². The molecule has 3 N–H and O–H groups in total. The van der Waals surface area contributed by atoms with Crippen LogP contribution in [-0.2, 0) is 11.3 Å². The molecule has 2 rings (SSSR count). The molecule has 5 nitrogen and oxygen atoms in total. The highest BCUT2D eigenvalue weighted by Gasteiger charge is 2.06. The predicted molar refractivity (Wildman–Crippen MR) is 81.2 cm³/mol. The Morgan fingerprint density at radius 3 is 2.90 bits per heavy atom. The van der Waals surface area contributed by atoms with Gasteiger partial charge in [0.05, 0.1) is 0 Å². The van der Waals surface area contributed by atoms with Crippen molar-refractivity contribution >= 4 is 28.9 Å². The van der Waals surface area contributed by atoms with E-state index in [-0.39, 0.29) is 0 Å². The van der Waals surface area contributed by atoms with Crippen LogP contribution >= 0.6 is 11.6 Å². The predicted octanol–water partition coefficient (Wildman–Crippen LogP) is 3.30. The van der Waals surface area contributed by atoms with Gasteiger partial charge in [0.15, 0.2) is 5.82 Å². The summed E-state index contributed by atoms with van der Waals surface area (Å²) in [5.41, 5.74) is 7.62. The number of nitrogen functional groups attached to an aromatic ring is 1. The monoisotopic (exact) mass is 292 g/mol. The number of anilines is 3. The summed E-state index contributed by atoms with van der Waals surface area (Å²) in [6, 6.07) is 7.33. The van der Waals surface area contributed by atoms with Crippen molar-refractivity contribution in [1.29, 1.82) is 0 Å². The molecule has 106 valence electrons. The topological polar surface area (TPSA) is 73.1 Å². The second-order valence-corrected chi connectivity index (χ2v) is 4.68. The first kappa shape index (κ1) is 14.6. The molecule has 0 fully saturated rings. The minimum absolute atomic E-state index is 0.338. The van der Waals surface area contributed by atoms with Crippen LogP contribution in [0.2, 0.25) is 5.02 Å². The molecule has 0 radical (unpaired) electrons. The van der Waals surface area contributed by atoms with E-state index in [1.54, 1.807) is 6.07 Å². The van der Waals surface area contributed by atoms with E-state index in [4.69, 9.17) is 22.1 Å². The number of hydrogen-bond acceptors (Lipinski definition) is 5. The first-order valence-corrected chi connectivity index (χ1v) is 6.71. The molecule has 2 aromatic rings. The largest absolute Gasteiger partial charge is 0.384 e. The lowest BCUT2D eigenvalue weighted by Gasteiger charge is -2.11. The Balaban J connectivity index is 2.24. The van der Waals surface area contributed by atoms with E-state index in [0.717, 1.165) is 11.3 Å². The highest BCUT2D eigenvalue weighted by atomic mass is 35.5. The molecule has 1 heterocycles. The number of ether oxygens (including phenoxy) is 1. The van der Waals surface area contributed by atoms with E-state index in [2.05, 4.69) is 15.3 Å². The zero-order valence-corrected chi connectivity index (χ0v) is 12.2. The van der Waals surface area contributed by atoms with Crippen molar-refractivity contribution in [3.05, 3.63) is 40.7 Å². The van der Waals surface area contributed by atoms with Crippen molar-refractivity contribution in [2.75, 3.05) is 17.7 Å². The zero-order chi connectivity index (χ0) is 14.5. The molecule has 0 aliphatic rings. The van der Waals surface area contributed by atoms with Crippen LogP contribution in [0.4, 0.5) is 17.3 Å².